The van der Waals surface area contributed by atoms with Gasteiger partial charge in [0.1, 0.15) is 0 Å². The fraction of sp³-hybridized carbons (Fsp3) is 0.273. The van der Waals surface area contributed by atoms with Gasteiger partial charge in [0.15, 0.2) is 0 Å². The van der Waals surface area contributed by atoms with Crippen LogP contribution >= 0.6 is 11.6 Å². The third-order valence-corrected chi connectivity index (χ3v) is 2.14. The van der Waals surface area contributed by atoms with Crippen LogP contribution in [0, 0.1) is 6.92 Å². The fourth-order valence-electron chi connectivity index (χ4n) is 0.944. The average molecular weight is 241 g/mol. The summed E-state index contributed by atoms with van der Waals surface area (Å²) in [5.74, 6) is 0. The van der Waals surface area contributed by atoms with Crippen LogP contribution < -0.4 is 5.32 Å². The zero-order chi connectivity index (χ0) is 12.1. The van der Waals surface area contributed by atoms with Crippen LogP contribution in [0.25, 0.3) is 0 Å². The molecule has 0 aliphatic rings. The Hall–Kier alpha value is -1.55. The van der Waals surface area contributed by atoms with Gasteiger partial charge in [-0.1, -0.05) is 22.8 Å². The number of carbonyl (C=O) groups excluding carboxylic acids is 1. The van der Waals surface area contributed by atoms with E-state index in [-0.39, 0.29) is 0 Å². The minimum absolute atomic E-state index is 0.574. The van der Waals surface area contributed by atoms with Gasteiger partial charge in [0.05, 0.1) is 5.71 Å². The van der Waals surface area contributed by atoms with Crippen molar-refractivity contribution in [3.8, 4) is 0 Å². The van der Waals surface area contributed by atoms with Crippen molar-refractivity contribution in [1.82, 2.24) is 0 Å². The van der Waals surface area contributed by atoms with Gasteiger partial charge < -0.3 is 0 Å². The molecule has 0 aliphatic carbocycles. The quantitative estimate of drug-likeness (QED) is 0.488. The molecule has 0 heterocycles. The first-order valence-corrected chi connectivity index (χ1v) is 5.12. The van der Waals surface area contributed by atoms with E-state index < -0.39 is 6.09 Å². The van der Waals surface area contributed by atoms with Crippen LogP contribution in [-0.2, 0) is 4.84 Å². The summed E-state index contributed by atoms with van der Waals surface area (Å²) in [5, 5.41) is 6.64. The molecule has 1 N–H and O–H groups in total. The standard InChI is InChI=1S/C11H13ClN2O2/c1-7(2)14-16-11(15)13-9-5-4-8(3)10(12)6-9/h4-6H,1-3H3,(H,13,15). The van der Waals surface area contributed by atoms with Crippen LogP contribution in [0.5, 0.6) is 0 Å². The summed E-state index contributed by atoms with van der Waals surface area (Å²) in [7, 11) is 0. The Morgan fingerprint density at radius 1 is 1.44 bits per heavy atom. The Balaban J connectivity index is 2.63. The summed E-state index contributed by atoms with van der Waals surface area (Å²) in [4.78, 5) is 15.8. The molecule has 16 heavy (non-hydrogen) atoms. The SMILES string of the molecule is CC(C)=NOC(=O)Nc1ccc(C)c(Cl)c1. The van der Waals surface area contributed by atoms with Crippen LogP contribution in [0.2, 0.25) is 5.02 Å². The molecule has 1 aromatic rings. The molecule has 1 aromatic carbocycles. The molecule has 0 fully saturated rings. The molecule has 0 saturated carbocycles. The molecule has 1 amide bonds. The second-order valence-corrected chi connectivity index (χ2v) is 3.91. The molecule has 0 unspecified atom stereocenters. The zero-order valence-corrected chi connectivity index (χ0v) is 10.1. The van der Waals surface area contributed by atoms with E-state index in [0.29, 0.717) is 16.4 Å². The Kier molecular flexibility index (Phi) is 4.31. The van der Waals surface area contributed by atoms with Crippen LogP contribution in [0.4, 0.5) is 10.5 Å². The summed E-state index contributed by atoms with van der Waals surface area (Å²) in [6, 6.07) is 5.21. The van der Waals surface area contributed by atoms with Crippen molar-refractivity contribution in [1.29, 1.82) is 0 Å². The first-order valence-electron chi connectivity index (χ1n) is 4.74. The smallest absolute Gasteiger partial charge is 0.298 e. The highest BCUT2D eigenvalue weighted by molar-refractivity contribution is 6.31. The second-order valence-electron chi connectivity index (χ2n) is 3.51. The predicted octanol–water partition coefficient (Wildman–Crippen LogP) is 3.59. The predicted molar refractivity (Wildman–Crippen MR) is 65.1 cm³/mol. The number of carbonyl (C=O) groups is 1. The molecule has 0 atom stereocenters. The van der Waals surface area contributed by atoms with Gasteiger partial charge in [-0.05, 0) is 38.5 Å². The molecule has 5 heteroatoms. The van der Waals surface area contributed by atoms with Gasteiger partial charge in [0, 0.05) is 10.7 Å². The summed E-state index contributed by atoms with van der Waals surface area (Å²) in [6.45, 7) is 5.35. The second kappa shape index (κ2) is 5.51. The number of oxime groups is 1. The van der Waals surface area contributed by atoms with E-state index in [1.165, 1.54) is 0 Å². The van der Waals surface area contributed by atoms with Crippen molar-refractivity contribution < 1.29 is 9.63 Å². The third-order valence-electron chi connectivity index (χ3n) is 1.73. The number of hydrogen-bond acceptors (Lipinski definition) is 3. The average Bonchev–Trinajstić information content (AvgIpc) is 2.21. The van der Waals surface area contributed by atoms with E-state index in [1.54, 1.807) is 26.0 Å². The fourth-order valence-corrected chi connectivity index (χ4v) is 1.12. The van der Waals surface area contributed by atoms with Gasteiger partial charge in [-0.3, -0.25) is 10.2 Å². The number of halogens is 1. The Morgan fingerprint density at radius 3 is 2.69 bits per heavy atom. The van der Waals surface area contributed by atoms with Crippen molar-refractivity contribution in [2.24, 2.45) is 5.16 Å². The number of anilines is 1. The Bertz CT molecular complexity index is 426. The molecule has 0 radical (unpaired) electrons. The third kappa shape index (κ3) is 3.90. The van der Waals surface area contributed by atoms with E-state index in [2.05, 4.69) is 15.3 Å². The van der Waals surface area contributed by atoms with E-state index in [1.807, 2.05) is 13.0 Å². The van der Waals surface area contributed by atoms with Crippen molar-refractivity contribution in [2.45, 2.75) is 20.8 Å². The van der Waals surface area contributed by atoms with Crippen molar-refractivity contribution in [3.63, 3.8) is 0 Å². The Morgan fingerprint density at radius 2 is 2.12 bits per heavy atom. The number of nitrogens with one attached hydrogen (secondary N) is 1. The maximum absolute atomic E-state index is 11.2. The summed E-state index contributed by atoms with van der Waals surface area (Å²) in [6.07, 6.45) is -0.638. The normalized spacial score (nSPS) is 9.50. The topological polar surface area (TPSA) is 50.7 Å². The molecule has 86 valence electrons. The van der Waals surface area contributed by atoms with Gasteiger partial charge in [-0.2, -0.15) is 0 Å². The van der Waals surface area contributed by atoms with E-state index in [4.69, 9.17) is 11.6 Å². The summed E-state index contributed by atoms with van der Waals surface area (Å²) >= 11 is 5.91. The lowest BCUT2D eigenvalue weighted by Gasteiger charge is -2.04. The van der Waals surface area contributed by atoms with Gasteiger partial charge in [0.25, 0.3) is 0 Å². The minimum Gasteiger partial charge on any atom is -0.298 e. The lowest BCUT2D eigenvalue weighted by Crippen LogP contribution is -2.11. The van der Waals surface area contributed by atoms with Crippen LogP contribution in [0.3, 0.4) is 0 Å². The molecule has 0 bridgehead atoms. The lowest BCUT2D eigenvalue weighted by atomic mass is 10.2. The summed E-state index contributed by atoms with van der Waals surface area (Å²) in [5.41, 5.74) is 2.18. The van der Waals surface area contributed by atoms with Crippen molar-refractivity contribution in [3.05, 3.63) is 28.8 Å². The molecule has 0 aliphatic heterocycles. The molecule has 1 rings (SSSR count). The van der Waals surface area contributed by atoms with Crippen LogP contribution in [0.1, 0.15) is 19.4 Å². The molecular formula is C11H13ClN2O2. The number of amides is 1. The van der Waals surface area contributed by atoms with Crippen molar-refractivity contribution >= 4 is 29.1 Å². The summed E-state index contributed by atoms with van der Waals surface area (Å²) < 4.78 is 0. The maximum atomic E-state index is 11.2. The van der Waals surface area contributed by atoms with E-state index in [9.17, 15) is 4.79 Å². The zero-order valence-electron chi connectivity index (χ0n) is 9.37. The van der Waals surface area contributed by atoms with E-state index in [0.717, 1.165) is 5.56 Å². The number of benzene rings is 1. The highest BCUT2D eigenvalue weighted by Gasteiger charge is 2.04. The minimum atomic E-state index is -0.638. The highest BCUT2D eigenvalue weighted by Crippen LogP contribution is 2.19. The number of nitrogens with zero attached hydrogens (tertiary/aromatic N) is 1. The molecule has 0 saturated heterocycles. The molecular weight excluding hydrogens is 228 g/mol. The molecule has 4 nitrogen and oxygen atoms in total. The largest absolute Gasteiger partial charge is 0.437 e. The van der Waals surface area contributed by atoms with Crippen molar-refractivity contribution in [2.75, 3.05) is 5.32 Å². The van der Waals surface area contributed by atoms with E-state index >= 15 is 0 Å². The maximum Gasteiger partial charge on any atom is 0.437 e. The molecule has 0 aromatic heterocycles. The van der Waals surface area contributed by atoms with Crippen LogP contribution in [-0.4, -0.2) is 11.8 Å². The van der Waals surface area contributed by atoms with Gasteiger partial charge in [-0.15, -0.1) is 0 Å². The van der Waals surface area contributed by atoms with Gasteiger partial charge in [-0.25, -0.2) is 4.79 Å². The van der Waals surface area contributed by atoms with Gasteiger partial charge in [0.2, 0.25) is 0 Å². The highest BCUT2D eigenvalue weighted by atomic mass is 35.5. The monoisotopic (exact) mass is 240 g/mol. The van der Waals surface area contributed by atoms with Gasteiger partial charge >= 0.3 is 6.09 Å². The number of aryl methyl sites for hydroxylation is 1. The first kappa shape index (κ1) is 12.5. The Labute approximate surface area is 99.2 Å². The van der Waals surface area contributed by atoms with Crippen LogP contribution in [0.15, 0.2) is 23.4 Å². The number of hydrogen-bond donors (Lipinski definition) is 1. The first-order chi connectivity index (χ1) is 7.49. The lowest BCUT2D eigenvalue weighted by molar-refractivity contribution is 0.166. The number of rotatable bonds is 2. The molecule has 0 spiro atoms.